The van der Waals surface area contributed by atoms with Crippen molar-refractivity contribution in [3.63, 3.8) is 0 Å². The van der Waals surface area contributed by atoms with Gasteiger partial charge < -0.3 is 10.2 Å². The predicted octanol–water partition coefficient (Wildman–Crippen LogP) is 3.85. The summed E-state index contributed by atoms with van der Waals surface area (Å²) in [4.78, 5) is 31.9. The highest BCUT2D eigenvalue weighted by Crippen LogP contribution is 2.23. The molecule has 0 saturated carbocycles. The molecular weight excluding hydrogens is 393 g/mol. The fourth-order valence-electron chi connectivity index (χ4n) is 3.89. The Morgan fingerprint density at radius 2 is 1.90 bits per heavy atom. The Morgan fingerprint density at radius 3 is 2.68 bits per heavy atom. The molecule has 0 aliphatic carbocycles. The molecule has 3 aromatic rings. The molecule has 1 aliphatic heterocycles. The maximum Gasteiger partial charge on any atom is 0.254 e. The van der Waals surface area contributed by atoms with Gasteiger partial charge in [-0.15, -0.1) is 0 Å². The average molecular weight is 417 g/mol. The number of nitrogens with zero attached hydrogens (tertiary/aromatic N) is 2. The number of hydrogen-bond acceptors (Lipinski definition) is 3. The number of likely N-dealkylation sites (tertiary alicyclic amines) is 1. The molecule has 31 heavy (non-hydrogen) atoms. The van der Waals surface area contributed by atoms with Crippen LogP contribution in [0.5, 0.6) is 0 Å². The van der Waals surface area contributed by atoms with Crippen LogP contribution in [0.3, 0.4) is 0 Å². The summed E-state index contributed by atoms with van der Waals surface area (Å²) in [5.74, 6) is -0.567. The van der Waals surface area contributed by atoms with E-state index >= 15 is 0 Å². The summed E-state index contributed by atoms with van der Waals surface area (Å²) >= 11 is 0. The molecule has 1 atom stereocenters. The topological polar surface area (TPSA) is 62.3 Å². The van der Waals surface area contributed by atoms with E-state index in [1.165, 1.54) is 12.1 Å². The van der Waals surface area contributed by atoms with Gasteiger partial charge in [0.05, 0.1) is 5.69 Å². The highest BCUT2D eigenvalue weighted by atomic mass is 19.1. The summed E-state index contributed by atoms with van der Waals surface area (Å²) in [5.41, 5.74) is 3.17. The van der Waals surface area contributed by atoms with Gasteiger partial charge in [0.2, 0.25) is 5.91 Å². The molecule has 158 valence electrons. The van der Waals surface area contributed by atoms with Crippen LogP contribution in [0.2, 0.25) is 0 Å². The monoisotopic (exact) mass is 417 g/mol. The molecule has 1 fully saturated rings. The number of pyridine rings is 1. The standard InChI is InChI=1S/C25H24FN3O2/c26-21-11-9-18(10-12-21)13-15-28-24(30)23-8-4-16-29(23)25(31)20-6-3-5-19(17-20)22-7-1-2-14-27-22/h1-3,5-7,9-12,14,17,23H,4,8,13,15-16H2,(H,28,30). The first kappa shape index (κ1) is 20.7. The number of halogens is 1. The maximum absolute atomic E-state index is 13.2. The molecule has 1 saturated heterocycles. The first-order chi connectivity index (χ1) is 15.1. The van der Waals surface area contributed by atoms with E-state index in [9.17, 15) is 14.0 Å². The molecule has 2 heterocycles. The predicted molar refractivity (Wildman–Crippen MR) is 117 cm³/mol. The second kappa shape index (κ2) is 9.51. The van der Waals surface area contributed by atoms with Crippen molar-refractivity contribution in [1.82, 2.24) is 15.2 Å². The Morgan fingerprint density at radius 1 is 1.06 bits per heavy atom. The highest BCUT2D eigenvalue weighted by Gasteiger charge is 2.34. The number of carbonyl (C=O) groups is 2. The van der Waals surface area contributed by atoms with Crippen molar-refractivity contribution in [1.29, 1.82) is 0 Å². The van der Waals surface area contributed by atoms with E-state index in [2.05, 4.69) is 10.3 Å². The molecule has 0 bridgehead atoms. The zero-order chi connectivity index (χ0) is 21.6. The van der Waals surface area contributed by atoms with Gasteiger partial charge in [0.15, 0.2) is 0 Å². The van der Waals surface area contributed by atoms with E-state index in [-0.39, 0.29) is 17.6 Å². The Kier molecular flexibility index (Phi) is 6.36. The molecule has 0 radical (unpaired) electrons. The number of amides is 2. The zero-order valence-electron chi connectivity index (χ0n) is 17.1. The quantitative estimate of drug-likeness (QED) is 0.663. The summed E-state index contributed by atoms with van der Waals surface area (Å²) in [6.45, 7) is 1.00. The number of aromatic nitrogens is 1. The average Bonchev–Trinajstić information content (AvgIpc) is 3.31. The lowest BCUT2D eigenvalue weighted by molar-refractivity contribution is -0.124. The number of benzene rings is 2. The third kappa shape index (κ3) is 4.97. The largest absolute Gasteiger partial charge is 0.354 e. The Labute approximate surface area is 180 Å². The molecule has 1 N–H and O–H groups in total. The SMILES string of the molecule is O=C(NCCc1ccc(F)cc1)C1CCCN1C(=O)c1cccc(-c2ccccn2)c1. The van der Waals surface area contributed by atoms with Crippen LogP contribution >= 0.6 is 0 Å². The minimum Gasteiger partial charge on any atom is -0.354 e. The van der Waals surface area contributed by atoms with Gasteiger partial charge in [-0.25, -0.2) is 4.39 Å². The second-order valence-electron chi connectivity index (χ2n) is 7.62. The molecule has 4 rings (SSSR count). The molecule has 2 amide bonds. The summed E-state index contributed by atoms with van der Waals surface area (Å²) < 4.78 is 13.0. The van der Waals surface area contributed by atoms with Crippen molar-refractivity contribution in [2.75, 3.05) is 13.1 Å². The fraction of sp³-hybridized carbons (Fsp3) is 0.240. The summed E-state index contributed by atoms with van der Waals surface area (Å²) in [7, 11) is 0. The van der Waals surface area contributed by atoms with Crippen LogP contribution in [0.4, 0.5) is 4.39 Å². The lowest BCUT2D eigenvalue weighted by Gasteiger charge is -2.24. The number of carbonyl (C=O) groups excluding carboxylic acids is 2. The van der Waals surface area contributed by atoms with Crippen LogP contribution in [0.25, 0.3) is 11.3 Å². The molecule has 1 aromatic heterocycles. The van der Waals surface area contributed by atoms with Crippen LogP contribution in [0.15, 0.2) is 72.9 Å². The van der Waals surface area contributed by atoms with Crippen molar-refractivity contribution in [3.8, 4) is 11.3 Å². The molecule has 0 spiro atoms. The lowest BCUT2D eigenvalue weighted by Crippen LogP contribution is -2.46. The van der Waals surface area contributed by atoms with E-state index < -0.39 is 6.04 Å². The molecule has 1 aliphatic rings. The van der Waals surface area contributed by atoms with Crippen LogP contribution in [-0.2, 0) is 11.2 Å². The number of hydrogen-bond donors (Lipinski definition) is 1. The highest BCUT2D eigenvalue weighted by molar-refractivity contribution is 5.98. The molecule has 2 aromatic carbocycles. The summed E-state index contributed by atoms with van der Waals surface area (Å²) in [5, 5.41) is 2.92. The van der Waals surface area contributed by atoms with Crippen LogP contribution in [0.1, 0.15) is 28.8 Å². The van der Waals surface area contributed by atoms with Gasteiger partial charge in [0, 0.05) is 30.4 Å². The molecule has 6 heteroatoms. The van der Waals surface area contributed by atoms with Crippen molar-refractivity contribution in [2.45, 2.75) is 25.3 Å². The Hall–Kier alpha value is -3.54. The third-order valence-electron chi connectivity index (χ3n) is 5.51. The van der Waals surface area contributed by atoms with Crippen molar-refractivity contribution >= 4 is 11.8 Å². The first-order valence-corrected chi connectivity index (χ1v) is 10.5. The van der Waals surface area contributed by atoms with E-state index in [1.54, 1.807) is 29.3 Å². The second-order valence-corrected chi connectivity index (χ2v) is 7.62. The maximum atomic E-state index is 13.2. The van der Waals surface area contributed by atoms with E-state index in [0.717, 1.165) is 23.2 Å². The Bertz CT molecular complexity index is 1050. The summed E-state index contributed by atoms with van der Waals surface area (Å²) in [6, 6.07) is 18.8. The van der Waals surface area contributed by atoms with Gasteiger partial charge in [0.1, 0.15) is 11.9 Å². The minimum absolute atomic E-state index is 0.144. The smallest absolute Gasteiger partial charge is 0.254 e. The number of rotatable bonds is 6. The zero-order valence-corrected chi connectivity index (χ0v) is 17.1. The Balaban J connectivity index is 1.40. The molecular formula is C25H24FN3O2. The lowest BCUT2D eigenvalue weighted by atomic mass is 10.1. The molecule has 1 unspecified atom stereocenters. The van der Waals surface area contributed by atoms with Gasteiger partial charge in [-0.3, -0.25) is 14.6 Å². The first-order valence-electron chi connectivity index (χ1n) is 10.5. The minimum atomic E-state index is -0.473. The van der Waals surface area contributed by atoms with Gasteiger partial charge in [0.25, 0.3) is 5.91 Å². The van der Waals surface area contributed by atoms with E-state index in [1.807, 2.05) is 36.4 Å². The van der Waals surface area contributed by atoms with Crippen LogP contribution in [0, 0.1) is 5.82 Å². The normalized spacial score (nSPS) is 15.6. The van der Waals surface area contributed by atoms with Gasteiger partial charge in [-0.2, -0.15) is 0 Å². The van der Waals surface area contributed by atoms with E-state index in [4.69, 9.17) is 0 Å². The van der Waals surface area contributed by atoms with Crippen LogP contribution in [-0.4, -0.2) is 40.8 Å². The number of nitrogens with one attached hydrogen (secondary N) is 1. The van der Waals surface area contributed by atoms with Crippen molar-refractivity contribution in [3.05, 3.63) is 89.9 Å². The van der Waals surface area contributed by atoms with Crippen molar-refractivity contribution < 1.29 is 14.0 Å². The van der Waals surface area contributed by atoms with Gasteiger partial charge in [-0.05, 0) is 61.2 Å². The van der Waals surface area contributed by atoms with Gasteiger partial charge >= 0.3 is 0 Å². The van der Waals surface area contributed by atoms with Crippen LogP contribution < -0.4 is 5.32 Å². The van der Waals surface area contributed by atoms with Crippen molar-refractivity contribution in [2.24, 2.45) is 0 Å². The van der Waals surface area contributed by atoms with E-state index in [0.29, 0.717) is 31.5 Å². The van der Waals surface area contributed by atoms with Gasteiger partial charge in [-0.1, -0.05) is 30.3 Å². The summed E-state index contributed by atoms with van der Waals surface area (Å²) in [6.07, 6.45) is 3.77. The molecule has 5 nitrogen and oxygen atoms in total. The fourth-order valence-corrected chi connectivity index (χ4v) is 3.89. The third-order valence-corrected chi connectivity index (χ3v) is 5.51.